The van der Waals surface area contributed by atoms with E-state index in [0.717, 1.165) is 19.5 Å². The molecule has 0 unspecified atom stereocenters. The molecule has 1 heteroatoms. The van der Waals surface area contributed by atoms with Crippen molar-refractivity contribution in [2.24, 2.45) is 0 Å². The largest absolute Gasteiger partial charge is 0.313 e. The lowest BCUT2D eigenvalue weighted by Crippen LogP contribution is -2.12. The van der Waals surface area contributed by atoms with E-state index >= 15 is 0 Å². The molecule has 0 aromatic rings. The Morgan fingerprint density at radius 2 is 2.27 bits per heavy atom. The van der Waals surface area contributed by atoms with E-state index in [1.807, 2.05) is 0 Å². The van der Waals surface area contributed by atoms with Gasteiger partial charge in [-0.25, -0.2) is 0 Å². The van der Waals surface area contributed by atoms with E-state index in [4.69, 9.17) is 0 Å². The summed E-state index contributed by atoms with van der Waals surface area (Å²) in [6.45, 7) is 2.15. The molecule has 0 saturated carbocycles. The first kappa shape index (κ1) is 6.86. The first-order valence-corrected chi connectivity index (χ1v) is 4.23. The first-order chi connectivity index (χ1) is 5.47. The van der Waals surface area contributed by atoms with Gasteiger partial charge in [0.25, 0.3) is 0 Å². The number of fused-ring (bicyclic) bond motifs is 1. The van der Waals surface area contributed by atoms with Crippen LogP contribution in [-0.2, 0) is 0 Å². The predicted molar refractivity (Wildman–Crippen MR) is 47.4 cm³/mol. The van der Waals surface area contributed by atoms with Crippen LogP contribution in [0, 0.1) is 0 Å². The van der Waals surface area contributed by atoms with Crippen LogP contribution in [0.15, 0.2) is 35.5 Å². The molecule has 1 N–H and O–H groups in total. The molecule has 2 aliphatic rings. The highest BCUT2D eigenvalue weighted by atomic mass is 14.8. The Bertz CT molecular complexity index is 233. The molecular weight excluding hydrogens is 134 g/mol. The van der Waals surface area contributed by atoms with Crippen LogP contribution in [0.3, 0.4) is 0 Å². The number of rotatable bonds is 0. The highest BCUT2D eigenvalue weighted by Crippen LogP contribution is 2.21. The van der Waals surface area contributed by atoms with Crippen molar-refractivity contribution in [1.29, 1.82) is 0 Å². The summed E-state index contributed by atoms with van der Waals surface area (Å²) in [4.78, 5) is 0. The molecule has 11 heavy (non-hydrogen) atoms. The molecular formula is C10H13N. The van der Waals surface area contributed by atoms with E-state index in [1.165, 1.54) is 17.6 Å². The highest BCUT2D eigenvalue weighted by Gasteiger charge is 2.07. The lowest BCUT2D eigenvalue weighted by atomic mass is 9.97. The van der Waals surface area contributed by atoms with Crippen molar-refractivity contribution in [2.75, 3.05) is 13.1 Å². The van der Waals surface area contributed by atoms with Gasteiger partial charge in [-0.05, 0) is 30.5 Å². The van der Waals surface area contributed by atoms with Crippen LogP contribution in [0.25, 0.3) is 0 Å². The zero-order valence-electron chi connectivity index (χ0n) is 6.64. The monoisotopic (exact) mass is 147 g/mol. The van der Waals surface area contributed by atoms with Gasteiger partial charge in [-0.15, -0.1) is 0 Å². The van der Waals surface area contributed by atoms with E-state index in [0.29, 0.717) is 0 Å². The second-order valence-corrected chi connectivity index (χ2v) is 2.98. The van der Waals surface area contributed by atoms with Gasteiger partial charge in [0.1, 0.15) is 0 Å². The van der Waals surface area contributed by atoms with Crippen molar-refractivity contribution >= 4 is 0 Å². The molecule has 2 rings (SSSR count). The van der Waals surface area contributed by atoms with Crippen molar-refractivity contribution in [1.82, 2.24) is 5.32 Å². The van der Waals surface area contributed by atoms with Gasteiger partial charge >= 0.3 is 0 Å². The zero-order chi connectivity index (χ0) is 7.52. The molecule has 58 valence electrons. The molecule has 1 aliphatic carbocycles. The fourth-order valence-corrected chi connectivity index (χ4v) is 1.58. The maximum atomic E-state index is 3.35. The highest BCUT2D eigenvalue weighted by molar-refractivity contribution is 5.43. The maximum Gasteiger partial charge on any atom is 0.0143 e. The van der Waals surface area contributed by atoms with Crippen LogP contribution in [0.4, 0.5) is 0 Å². The fraction of sp³-hybridized carbons (Fsp3) is 0.400. The number of allylic oxidation sites excluding steroid dienone is 4. The molecule has 0 aromatic heterocycles. The lowest BCUT2D eigenvalue weighted by molar-refractivity contribution is 0.758. The molecule has 1 nitrogen and oxygen atoms in total. The lowest BCUT2D eigenvalue weighted by Gasteiger charge is -2.08. The van der Waals surface area contributed by atoms with E-state index in [-0.39, 0.29) is 0 Å². The van der Waals surface area contributed by atoms with Crippen molar-refractivity contribution in [3.05, 3.63) is 35.5 Å². The average Bonchev–Trinajstić information content (AvgIpc) is 2.28. The number of hydrogen-bond acceptors (Lipinski definition) is 1. The summed E-state index contributed by atoms with van der Waals surface area (Å²) in [5.74, 6) is 0. The van der Waals surface area contributed by atoms with Crippen LogP contribution in [0.1, 0.15) is 12.8 Å². The van der Waals surface area contributed by atoms with Gasteiger partial charge in [-0.3, -0.25) is 0 Å². The summed E-state index contributed by atoms with van der Waals surface area (Å²) in [5, 5.41) is 3.35. The van der Waals surface area contributed by atoms with Crippen LogP contribution >= 0.6 is 0 Å². The Morgan fingerprint density at radius 3 is 3.27 bits per heavy atom. The van der Waals surface area contributed by atoms with Crippen molar-refractivity contribution < 1.29 is 0 Å². The van der Waals surface area contributed by atoms with Gasteiger partial charge in [0, 0.05) is 6.54 Å². The summed E-state index contributed by atoms with van der Waals surface area (Å²) in [6, 6.07) is 0. The number of hydrogen-bond donors (Lipinski definition) is 1. The van der Waals surface area contributed by atoms with E-state index in [9.17, 15) is 0 Å². The molecule has 0 atom stereocenters. The minimum atomic E-state index is 1.02. The Hall–Kier alpha value is -0.820. The average molecular weight is 147 g/mol. The Labute approximate surface area is 67.5 Å². The summed E-state index contributed by atoms with van der Waals surface area (Å²) >= 11 is 0. The van der Waals surface area contributed by atoms with Crippen molar-refractivity contribution in [2.45, 2.75) is 12.8 Å². The summed E-state index contributed by atoms with van der Waals surface area (Å²) in [6.07, 6.45) is 11.4. The van der Waals surface area contributed by atoms with Crippen LogP contribution < -0.4 is 5.32 Å². The van der Waals surface area contributed by atoms with Gasteiger partial charge in [-0.2, -0.15) is 0 Å². The van der Waals surface area contributed by atoms with Gasteiger partial charge in [0.15, 0.2) is 0 Å². The normalized spacial score (nSPS) is 23.3. The Morgan fingerprint density at radius 1 is 1.27 bits per heavy atom. The molecule has 0 aromatic carbocycles. The minimum Gasteiger partial charge on any atom is -0.313 e. The quantitative estimate of drug-likeness (QED) is 0.551. The molecule has 0 saturated heterocycles. The van der Waals surface area contributed by atoms with E-state index in [2.05, 4.69) is 29.6 Å². The van der Waals surface area contributed by atoms with Gasteiger partial charge in [0.2, 0.25) is 0 Å². The van der Waals surface area contributed by atoms with Crippen LogP contribution in [0.2, 0.25) is 0 Å². The molecule has 0 fully saturated rings. The molecule has 0 spiro atoms. The first-order valence-electron chi connectivity index (χ1n) is 4.23. The Balaban J connectivity index is 2.26. The zero-order valence-corrected chi connectivity index (χ0v) is 6.64. The fourth-order valence-electron chi connectivity index (χ4n) is 1.58. The molecule has 1 heterocycles. The van der Waals surface area contributed by atoms with Gasteiger partial charge in [0.05, 0.1) is 0 Å². The molecule has 0 bridgehead atoms. The second kappa shape index (κ2) is 3.05. The van der Waals surface area contributed by atoms with Crippen molar-refractivity contribution in [3.63, 3.8) is 0 Å². The smallest absolute Gasteiger partial charge is 0.0143 e. The van der Waals surface area contributed by atoms with E-state index in [1.54, 1.807) is 0 Å². The predicted octanol–water partition coefficient (Wildman–Crippen LogP) is 1.79. The van der Waals surface area contributed by atoms with Gasteiger partial charge < -0.3 is 5.32 Å². The Kier molecular flexibility index (Phi) is 1.91. The molecule has 0 radical (unpaired) electrons. The molecule has 0 amide bonds. The topological polar surface area (TPSA) is 12.0 Å². The summed E-state index contributed by atoms with van der Waals surface area (Å²) < 4.78 is 0. The van der Waals surface area contributed by atoms with Crippen molar-refractivity contribution in [3.8, 4) is 0 Å². The minimum absolute atomic E-state index is 1.02. The third-order valence-corrected chi connectivity index (χ3v) is 2.21. The standard InChI is InChI=1S/C10H13N/c1-2-4-10-6-8-11-7-5-9(10)3-1/h1,3-5,11H,2,6-8H2. The third kappa shape index (κ3) is 1.43. The second-order valence-electron chi connectivity index (χ2n) is 2.98. The van der Waals surface area contributed by atoms with Crippen LogP contribution in [-0.4, -0.2) is 13.1 Å². The summed E-state index contributed by atoms with van der Waals surface area (Å²) in [5.41, 5.74) is 2.96. The SMILES string of the molecule is C1=CC2=CCNCCC2=CC1. The molecule has 1 aliphatic heterocycles. The maximum absolute atomic E-state index is 3.35. The van der Waals surface area contributed by atoms with Crippen LogP contribution in [0.5, 0.6) is 0 Å². The third-order valence-electron chi connectivity index (χ3n) is 2.21. The summed E-state index contributed by atoms with van der Waals surface area (Å²) in [7, 11) is 0. The number of nitrogens with one attached hydrogen (secondary N) is 1. The van der Waals surface area contributed by atoms with E-state index < -0.39 is 0 Å². The van der Waals surface area contributed by atoms with Gasteiger partial charge in [-0.1, -0.05) is 24.3 Å².